The van der Waals surface area contributed by atoms with Gasteiger partial charge in [0.05, 0.1) is 0 Å². The SMILES string of the molecule is CN(O)CCC1CCCNC1. The molecule has 0 aromatic rings. The second-order valence-corrected chi connectivity index (χ2v) is 3.38. The van der Waals surface area contributed by atoms with Crippen molar-refractivity contribution >= 4 is 0 Å². The first kappa shape index (κ1) is 8.97. The van der Waals surface area contributed by atoms with Gasteiger partial charge in [-0.05, 0) is 38.3 Å². The van der Waals surface area contributed by atoms with Gasteiger partial charge in [-0.3, -0.25) is 0 Å². The number of nitrogens with zero attached hydrogens (tertiary/aromatic N) is 1. The Morgan fingerprint density at radius 2 is 2.45 bits per heavy atom. The average molecular weight is 158 g/mol. The Morgan fingerprint density at radius 3 is 3.00 bits per heavy atom. The first-order valence-electron chi connectivity index (χ1n) is 4.40. The van der Waals surface area contributed by atoms with Crippen molar-refractivity contribution in [3.8, 4) is 0 Å². The van der Waals surface area contributed by atoms with E-state index in [0.717, 1.165) is 25.4 Å². The van der Waals surface area contributed by atoms with Crippen molar-refractivity contribution in [3.63, 3.8) is 0 Å². The summed E-state index contributed by atoms with van der Waals surface area (Å²) in [5, 5.41) is 13.5. The van der Waals surface area contributed by atoms with Crippen LogP contribution in [0.5, 0.6) is 0 Å². The quantitative estimate of drug-likeness (QED) is 0.593. The van der Waals surface area contributed by atoms with Gasteiger partial charge in [-0.25, -0.2) is 0 Å². The third kappa shape index (κ3) is 3.70. The number of piperidine rings is 1. The molecule has 1 fully saturated rings. The van der Waals surface area contributed by atoms with Gasteiger partial charge < -0.3 is 10.5 Å². The molecule has 1 atom stereocenters. The van der Waals surface area contributed by atoms with Crippen LogP contribution in [0.1, 0.15) is 19.3 Å². The van der Waals surface area contributed by atoms with Crippen LogP contribution in [0.3, 0.4) is 0 Å². The van der Waals surface area contributed by atoms with E-state index in [-0.39, 0.29) is 0 Å². The van der Waals surface area contributed by atoms with Gasteiger partial charge in [0.1, 0.15) is 0 Å². The van der Waals surface area contributed by atoms with Crippen molar-refractivity contribution in [2.75, 3.05) is 26.7 Å². The molecule has 0 saturated carbocycles. The molecule has 1 unspecified atom stereocenters. The van der Waals surface area contributed by atoms with Gasteiger partial charge in [-0.2, -0.15) is 5.06 Å². The number of hydrogen-bond acceptors (Lipinski definition) is 3. The zero-order valence-electron chi connectivity index (χ0n) is 7.21. The number of hydroxylamine groups is 2. The molecule has 11 heavy (non-hydrogen) atoms. The summed E-state index contributed by atoms with van der Waals surface area (Å²) in [7, 11) is 1.70. The lowest BCUT2D eigenvalue weighted by Gasteiger charge is -2.23. The second-order valence-electron chi connectivity index (χ2n) is 3.38. The summed E-state index contributed by atoms with van der Waals surface area (Å²) in [5.41, 5.74) is 0. The molecule has 1 heterocycles. The standard InChI is InChI=1S/C8H18N2O/c1-10(11)6-4-8-3-2-5-9-7-8/h8-9,11H,2-7H2,1H3. The normalized spacial score (nSPS) is 25.9. The van der Waals surface area contributed by atoms with Crippen molar-refractivity contribution in [1.82, 2.24) is 10.4 Å². The minimum Gasteiger partial charge on any atom is -0.316 e. The van der Waals surface area contributed by atoms with Crippen LogP contribution in [0.4, 0.5) is 0 Å². The molecule has 3 heteroatoms. The van der Waals surface area contributed by atoms with E-state index in [4.69, 9.17) is 5.21 Å². The van der Waals surface area contributed by atoms with Crippen molar-refractivity contribution in [2.45, 2.75) is 19.3 Å². The topological polar surface area (TPSA) is 35.5 Å². The smallest absolute Gasteiger partial charge is 0.0238 e. The minimum atomic E-state index is 0.776. The van der Waals surface area contributed by atoms with E-state index in [1.807, 2.05) is 0 Å². The fourth-order valence-corrected chi connectivity index (χ4v) is 1.54. The summed E-state index contributed by atoms with van der Waals surface area (Å²) in [6, 6.07) is 0. The highest BCUT2D eigenvalue weighted by Crippen LogP contribution is 2.13. The van der Waals surface area contributed by atoms with E-state index in [2.05, 4.69) is 5.32 Å². The molecule has 0 amide bonds. The maximum atomic E-state index is 8.90. The molecule has 1 rings (SSSR count). The van der Waals surface area contributed by atoms with Gasteiger partial charge >= 0.3 is 0 Å². The van der Waals surface area contributed by atoms with Crippen LogP contribution in [-0.2, 0) is 0 Å². The third-order valence-electron chi connectivity index (χ3n) is 2.26. The summed E-state index contributed by atoms with van der Waals surface area (Å²) in [5.74, 6) is 0.776. The minimum absolute atomic E-state index is 0.776. The fraction of sp³-hybridized carbons (Fsp3) is 1.00. The van der Waals surface area contributed by atoms with Gasteiger partial charge in [0, 0.05) is 13.6 Å². The van der Waals surface area contributed by atoms with E-state index in [1.54, 1.807) is 7.05 Å². The fourth-order valence-electron chi connectivity index (χ4n) is 1.54. The molecule has 3 nitrogen and oxygen atoms in total. The van der Waals surface area contributed by atoms with Gasteiger partial charge in [0.15, 0.2) is 0 Å². The summed E-state index contributed by atoms with van der Waals surface area (Å²) in [6.07, 6.45) is 3.72. The summed E-state index contributed by atoms with van der Waals surface area (Å²) in [4.78, 5) is 0. The Bertz CT molecular complexity index is 100. The lowest BCUT2D eigenvalue weighted by molar-refractivity contribution is -0.0685. The Hall–Kier alpha value is -0.120. The molecule has 1 aliphatic rings. The largest absolute Gasteiger partial charge is 0.316 e. The predicted molar refractivity (Wildman–Crippen MR) is 44.6 cm³/mol. The summed E-state index contributed by atoms with van der Waals surface area (Å²) < 4.78 is 0. The van der Waals surface area contributed by atoms with E-state index >= 15 is 0 Å². The van der Waals surface area contributed by atoms with E-state index in [1.165, 1.54) is 24.4 Å². The van der Waals surface area contributed by atoms with Crippen molar-refractivity contribution in [1.29, 1.82) is 0 Å². The average Bonchev–Trinajstić information content (AvgIpc) is 2.03. The Kier molecular flexibility index (Phi) is 3.83. The second kappa shape index (κ2) is 4.70. The first-order valence-corrected chi connectivity index (χ1v) is 4.40. The monoisotopic (exact) mass is 158 g/mol. The van der Waals surface area contributed by atoms with Crippen LogP contribution in [0, 0.1) is 5.92 Å². The van der Waals surface area contributed by atoms with Gasteiger partial charge in [0.2, 0.25) is 0 Å². The maximum absolute atomic E-state index is 8.90. The summed E-state index contributed by atoms with van der Waals surface area (Å²) >= 11 is 0. The van der Waals surface area contributed by atoms with Gasteiger partial charge in [-0.1, -0.05) is 0 Å². The highest BCUT2D eigenvalue weighted by molar-refractivity contribution is 4.68. The number of nitrogens with one attached hydrogen (secondary N) is 1. The first-order chi connectivity index (χ1) is 5.29. The Labute approximate surface area is 68.3 Å². The predicted octanol–water partition coefficient (Wildman–Crippen LogP) is 0.697. The molecule has 1 saturated heterocycles. The van der Waals surface area contributed by atoms with Gasteiger partial charge in [0.25, 0.3) is 0 Å². The molecular weight excluding hydrogens is 140 g/mol. The van der Waals surface area contributed by atoms with E-state index < -0.39 is 0 Å². The molecule has 0 radical (unpaired) electrons. The lowest BCUT2D eigenvalue weighted by atomic mass is 9.96. The summed E-state index contributed by atoms with van der Waals surface area (Å²) in [6.45, 7) is 3.10. The van der Waals surface area contributed by atoms with E-state index in [0.29, 0.717) is 0 Å². The van der Waals surface area contributed by atoms with Crippen molar-refractivity contribution in [2.24, 2.45) is 5.92 Å². The zero-order chi connectivity index (χ0) is 8.10. The Balaban J connectivity index is 2.05. The molecule has 0 aromatic heterocycles. The number of hydrogen-bond donors (Lipinski definition) is 2. The molecule has 1 aliphatic heterocycles. The molecule has 2 N–H and O–H groups in total. The van der Waals surface area contributed by atoms with Crippen molar-refractivity contribution < 1.29 is 5.21 Å². The zero-order valence-corrected chi connectivity index (χ0v) is 7.21. The highest BCUT2D eigenvalue weighted by Gasteiger charge is 2.12. The van der Waals surface area contributed by atoms with Crippen LogP contribution in [0.2, 0.25) is 0 Å². The third-order valence-corrected chi connectivity index (χ3v) is 2.26. The van der Waals surface area contributed by atoms with Crippen LogP contribution >= 0.6 is 0 Å². The maximum Gasteiger partial charge on any atom is 0.0238 e. The van der Waals surface area contributed by atoms with Crippen LogP contribution in [0.25, 0.3) is 0 Å². The molecule has 66 valence electrons. The molecule has 0 bridgehead atoms. The molecular formula is C8H18N2O. The number of rotatable bonds is 3. The highest BCUT2D eigenvalue weighted by atomic mass is 16.5. The van der Waals surface area contributed by atoms with Gasteiger partial charge in [-0.15, -0.1) is 0 Å². The lowest BCUT2D eigenvalue weighted by Crippen LogP contribution is -2.31. The molecule has 0 aliphatic carbocycles. The van der Waals surface area contributed by atoms with E-state index in [9.17, 15) is 0 Å². The van der Waals surface area contributed by atoms with Crippen LogP contribution < -0.4 is 5.32 Å². The van der Waals surface area contributed by atoms with Crippen molar-refractivity contribution in [3.05, 3.63) is 0 Å². The van der Waals surface area contributed by atoms with Crippen LogP contribution in [0.15, 0.2) is 0 Å². The van der Waals surface area contributed by atoms with Crippen LogP contribution in [-0.4, -0.2) is 37.0 Å². The Morgan fingerprint density at radius 1 is 1.64 bits per heavy atom. The molecule has 0 aromatic carbocycles. The molecule has 0 spiro atoms.